The molecule has 0 aromatic rings. The molecule has 0 saturated heterocycles. The van der Waals surface area contributed by atoms with Crippen LogP contribution in [0.4, 0.5) is 0 Å². The van der Waals surface area contributed by atoms with Gasteiger partial charge in [0.2, 0.25) is 0 Å². The summed E-state index contributed by atoms with van der Waals surface area (Å²) < 4.78 is 28.4. The molecule has 0 aromatic carbocycles. The van der Waals surface area contributed by atoms with Crippen LogP contribution in [-0.2, 0) is 24.2 Å². The van der Waals surface area contributed by atoms with Gasteiger partial charge in [-0.1, -0.05) is 12.8 Å². The molecule has 1 fully saturated rings. The van der Waals surface area contributed by atoms with Gasteiger partial charge >= 0.3 is 5.97 Å². The Labute approximate surface area is 108 Å². The number of rotatable bonds is 7. The maximum absolute atomic E-state index is 11.9. The molecule has 0 radical (unpaired) electrons. The average molecular weight is 276 g/mol. The zero-order valence-electron chi connectivity index (χ0n) is 10.7. The Morgan fingerprint density at radius 1 is 1.17 bits per heavy atom. The Morgan fingerprint density at radius 3 is 2.33 bits per heavy atom. The molecule has 1 aliphatic rings. The minimum absolute atomic E-state index is 0.0349. The van der Waals surface area contributed by atoms with E-state index in [-0.39, 0.29) is 24.7 Å². The van der Waals surface area contributed by atoms with Crippen LogP contribution in [0, 0.1) is 0 Å². The van der Waals surface area contributed by atoms with Crippen LogP contribution < -0.4 is 0 Å². The SMILES string of the molecule is CCOC(=O)CCC(=O)CS(=O)(=O)C1CCCC1. The molecule has 0 N–H and O–H groups in total. The maximum Gasteiger partial charge on any atom is 0.306 e. The van der Waals surface area contributed by atoms with Crippen molar-refractivity contribution in [3.05, 3.63) is 0 Å². The molecule has 0 bridgehead atoms. The van der Waals surface area contributed by atoms with Crippen LogP contribution in [0.25, 0.3) is 0 Å². The van der Waals surface area contributed by atoms with Gasteiger partial charge < -0.3 is 4.74 Å². The Morgan fingerprint density at radius 2 is 1.78 bits per heavy atom. The number of carbonyl (C=O) groups excluding carboxylic acids is 2. The Balaban J connectivity index is 2.37. The minimum atomic E-state index is -3.32. The van der Waals surface area contributed by atoms with Crippen molar-refractivity contribution in [3.63, 3.8) is 0 Å². The van der Waals surface area contributed by atoms with Crippen molar-refractivity contribution in [2.75, 3.05) is 12.4 Å². The molecule has 0 unspecified atom stereocenters. The number of Topliss-reactive ketones (excluding diaryl/α,β-unsaturated/α-hetero) is 1. The van der Waals surface area contributed by atoms with Crippen molar-refractivity contribution in [3.8, 4) is 0 Å². The van der Waals surface area contributed by atoms with E-state index in [0.29, 0.717) is 12.8 Å². The summed E-state index contributed by atoms with van der Waals surface area (Å²) in [5.74, 6) is -1.28. The molecular formula is C12H20O5S. The van der Waals surface area contributed by atoms with Crippen LogP contribution in [0.5, 0.6) is 0 Å². The molecule has 1 rings (SSSR count). The monoisotopic (exact) mass is 276 g/mol. The highest BCUT2D eigenvalue weighted by Crippen LogP contribution is 2.25. The second-order valence-electron chi connectivity index (χ2n) is 4.56. The van der Waals surface area contributed by atoms with E-state index in [4.69, 9.17) is 0 Å². The quantitative estimate of drug-likeness (QED) is 0.654. The third kappa shape index (κ3) is 4.76. The standard InChI is InChI=1S/C12H20O5S/c1-2-17-12(14)8-7-10(13)9-18(15,16)11-5-3-4-6-11/h11H,2-9H2,1H3. The predicted octanol–water partition coefficient (Wildman–Crippen LogP) is 1.26. The van der Waals surface area contributed by atoms with E-state index in [1.165, 1.54) is 0 Å². The zero-order chi connectivity index (χ0) is 13.6. The van der Waals surface area contributed by atoms with Gasteiger partial charge in [-0.15, -0.1) is 0 Å². The van der Waals surface area contributed by atoms with Gasteiger partial charge in [0, 0.05) is 6.42 Å². The summed E-state index contributed by atoms with van der Waals surface area (Å²) in [5, 5.41) is -0.357. The van der Waals surface area contributed by atoms with Gasteiger partial charge in [-0.25, -0.2) is 8.42 Å². The van der Waals surface area contributed by atoms with Crippen molar-refractivity contribution in [2.45, 2.75) is 50.7 Å². The molecular weight excluding hydrogens is 256 g/mol. The largest absolute Gasteiger partial charge is 0.466 e. The number of ether oxygens (including phenoxy) is 1. The third-order valence-corrected chi connectivity index (χ3v) is 5.30. The Hall–Kier alpha value is -0.910. The summed E-state index contributed by atoms with van der Waals surface area (Å²) in [6.07, 6.45) is 3.07. The van der Waals surface area contributed by atoms with E-state index in [0.717, 1.165) is 12.8 Å². The van der Waals surface area contributed by atoms with Crippen LogP contribution in [0.1, 0.15) is 45.4 Å². The highest BCUT2D eigenvalue weighted by atomic mass is 32.2. The van der Waals surface area contributed by atoms with Gasteiger partial charge in [-0.3, -0.25) is 9.59 Å². The van der Waals surface area contributed by atoms with E-state index in [2.05, 4.69) is 4.74 Å². The van der Waals surface area contributed by atoms with E-state index < -0.39 is 27.3 Å². The first kappa shape index (κ1) is 15.1. The lowest BCUT2D eigenvalue weighted by atomic mass is 10.2. The van der Waals surface area contributed by atoms with Crippen molar-refractivity contribution in [2.24, 2.45) is 0 Å². The van der Waals surface area contributed by atoms with Gasteiger partial charge in [0.05, 0.1) is 18.3 Å². The zero-order valence-corrected chi connectivity index (χ0v) is 11.5. The molecule has 1 saturated carbocycles. The number of esters is 1. The fraction of sp³-hybridized carbons (Fsp3) is 0.833. The molecule has 6 heteroatoms. The first-order valence-corrected chi connectivity index (χ1v) is 8.06. The van der Waals surface area contributed by atoms with Gasteiger partial charge in [0.1, 0.15) is 11.5 Å². The van der Waals surface area contributed by atoms with Gasteiger partial charge in [-0.05, 0) is 19.8 Å². The fourth-order valence-electron chi connectivity index (χ4n) is 2.14. The highest BCUT2D eigenvalue weighted by molar-refractivity contribution is 7.92. The average Bonchev–Trinajstić information content (AvgIpc) is 2.80. The van der Waals surface area contributed by atoms with Crippen molar-refractivity contribution in [1.82, 2.24) is 0 Å². The van der Waals surface area contributed by atoms with Gasteiger partial charge in [0.15, 0.2) is 9.84 Å². The van der Waals surface area contributed by atoms with Gasteiger partial charge in [-0.2, -0.15) is 0 Å². The minimum Gasteiger partial charge on any atom is -0.466 e. The molecule has 18 heavy (non-hydrogen) atoms. The second kappa shape index (κ2) is 6.87. The second-order valence-corrected chi connectivity index (χ2v) is 6.84. The first-order chi connectivity index (χ1) is 8.45. The molecule has 5 nitrogen and oxygen atoms in total. The smallest absolute Gasteiger partial charge is 0.306 e. The summed E-state index contributed by atoms with van der Waals surface area (Å²) in [5.41, 5.74) is 0. The van der Waals surface area contributed by atoms with Crippen LogP contribution in [0.2, 0.25) is 0 Å². The predicted molar refractivity (Wildman–Crippen MR) is 66.9 cm³/mol. The van der Waals surface area contributed by atoms with E-state index in [1.807, 2.05) is 0 Å². The van der Waals surface area contributed by atoms with Crippen LogP contribution in [0.15, 0.2) is 0 Å². The number of sulfone groups is 1. The van der Waals surface area contributed by atoms with Gasteiger partial charge in [0.25, 0.3) is 0 Å². The summed E-state index contributed by atoms with van der Waals surface area (Å²) in [6, 6.07) is 0. The Kier molecular flexibility index (Phi) is 5.78. The molecule has 0 amide bonds. The molecule has 0 spiro atoms. The summed E-state index contributed by atoms with van der Waals surface area (Å²) in [4.78, 5) is 22.6. The van der Waals surface area contributed by atoms with Crippen molar-refractivity contribution in [1.29, 1.82) is 0 Å². The van der Waals surface area contributed by atoms with Crippen LogP contribution in [0.3, 0.4) is 0 Å². The summed E-state index contributed by atoms with van der Waals surface area (Å²) in [6.45, 7) is 1.96. The lowest BCUT2D eigenvalue weighted by Crippen LogP contribution is -2.26. The molecule has 0 aromatic heterocycles. The Bertz CT molecular complexity index is 393. The van der Waals surface area contributed by atoms with Crippen LogP contribution >= 0.6 is 0 Å². The molecule has 1 aliphatic carbocycles. The van der Waals surface area contributed by atoms with Crippen molar-refractivity contribution >= 4 is 21.6 Å². The van der Waals surface area contributed by atoms with E-state index >= 15 is 0 Å². The normalized spacial score (nSPS) is 16.7. The van der Waals surface area contributed by atoms with E-state index in [1.54, 1.807) is 6.92 Å². The molecule has 104 valence electrons. The van der Waals surface area contributed by atoms with E-state index in [9.17, 15) is 18.0 Å². The third-order valence-electron chi connectivity index (χ3n) is 3.09. The summed E-state index contributed by atoms with van der Waals surface area (Å²) >= 11 is 0. The molecule has 0 heterocycles. The lowest BCUT2D eigenvalue weighted by molar-refractivity contribution is -0.144. The number of hydrogen-bond donors (Lipinski definition) is 0. The molecule has 0 atom stereocenters. The topological polar surface area (TPSA) is 77.5 Å². The number of carbonyl (C=O) groups is 2. The molecule has 0 aliphatic heterocycles. The number of hydrogen-bond acceptors (Lipinski definition) is 5. The number of ketones is 1. The summed E-state index contributed by atoms with van der Waals surface area (Å²) in [7, 11) is -3.32. The maximum atomic E-state index is 11.9. The van der Waals surface area contributed by atoms with Crippen LogP contribution in [-0.4, -0.2) is 37.8 Å². The first-order valence-electron chi connectivity index (χ1n) is 6.34. The van der Waals surface area contributed by atoms with Crippen molar-refractivity contribution < 1.29 is 22.7 Å². The fourth-order valence-corrected chi connectivity index (χ4v) is 4.02. The lowest BCUT2D eigenvalue weighted by Gasteiger charge is -2.09. The highest BCUT2D eigenvalue weighted by Gasteiger charge is 2.30.